The Kier molecular flexibility index (Phi) is 6.16. The second kappa shape index (κ2) is 8.36. The number of hydrogen-bond acceptors (Lipinski definition) is 2. The van der Waals surface area contributed by atoms with Gasteiger partial charge < -0.3 is 5.32 Å². The largest absolute Gasteiger partial charge is 0.326 e. The van der Waals surface area contributed by atoms with Crippen LogP contribution in [0.15, 0.2) is 72.5 Å². The molecule has 4 nitrogen and oxygen atoms in total. The number of nitrogens with zero attached hydrogens (tertiary/aromatic N) is 1. The normalized spacial score (nSPS) is 25.8. The zero-order valence-corrected chi connectivity index (χ0v) is 9.80. The molecule has 4 heteroatoms. The molecule has 0 aliphatic heterocycles. The van der Waals surface area contributed by atoms with Gasteiger partial charge in [0.1, 0.15) is 0 Å². The summed E-state index contributed by atoms with van der Waals surface area (Å²) in [4.78, 5) is 0. The third-order valence-corrected chi connectivity index (χ3v) is 1.89. The summed E-state index contributed by atoms with van der Waals surface area (Å²) in [5.74, 6) is -0.0617. The first-order valence-electron chi connectivity index (χ1n) is 5.38. The maximum Gasteiger partial charge on any atom is 0.206 e. The smallest absolute Gasteiger partial charge is 0.206 e. The van der Waals surface area contributed by atoms with E-state index in [1.54, 1.807) is 6.19 Å². The molecule has 0 spiro atoms. The first-order valence-corrected chi connectivity index (χ1v) is 5.38. The van der Waals surface area contributed by atoms with Crippen LogP contribution >= 0.6 is 0 Å². The van der Waals surface area contributed by atoms with Gasteiger partial charge in [-0.15, -0.1) is 0 Å². The number of nitrogens with one attached hydrogen (secondary N) is 3. The molecule has 0 aromatic heterocycles. The molecular formula is C14H14N4. The van der Waals surface area contributed by atoms with E-state index < -0.39 is 0 Å². The lowest BCUT2D eigenvalue weighted by Gasteiger charge is -2.05. The van der Waals surface area contributed by atoms with Crippen LogP contribution in [0.3, 0.4) is 0 Å². The van der Waals surface area contributed by atoms with Crippen molar-refractivity contribution in [2.75, 3.05) is 0 Å². The molecule has 1 aliphatic carbocycles. The van der Waals surface area contributed by atoms with Crippen LogP contribution in [0.4, 0.5) is 0 Å². The lowest BCUT2D eigenvalue weighted by Crippen LogP contribution is -2.32. The topological polar surface area (TPSA) is 71.7 Å². The monoisotopic (exact) mass is 238 g/mol. The highest BCUT2D eigenvalue weighted by Gasteiger charge is 1.94. The summed E-state index contributed by atoms with van der Waals surface area (Å²) in [6.45, 7) is 0. The molecule has 0 heterocycles. The number of hydrogen-bond donors (Lipinski definition) is 3. The van der Waals surface area contributed by atoms with Gasteiger partial charge >= 0.3 is 0 Å². The molecule has 0 amide bonds. The van der Waals surface area contributed by atoms with E-state index in [9.17, 15) is 0 Å². The summed E-state index contributed by atoms with van der Waals surface area (Å²) >= 11 is 0. The molecule has 0 aromatic carbocycles. The molecule has 18 heavy (non-hydrogen) atoms. The molecule has 0 atom stereocenters. The highest BCUT2D eigenvalue weighted by molar-refractivity contribution is 5.80. The Labute approximate surface area is 107 Å². The molecule has 0 unspecified atom stereocenters. The average Bonchev–Trinajstić information content (AvgIpc) is 2.33. The highest BCUT2D eigenvalue weighted by atomic mass is 15.1. The minimum atomic E-state index is -0.0617. The Morgan fingerprint density at radius 3 is 2.11 bits per heavy atom. The van der Waals surface area contributed by atoms with E-state index >= 15 is 0 Å². The van der Waals surface area contributed by atoms with Gasteiger partial charge in [-0.05, 0) is 12.2 Å². The molecule has 0 aromatic rings. The van der Waals surface area contributed by atoms with E-state index in [4.69, 9.17) is 10.7 Å². The molecule has 0 bridgehead atoms. The fourth-order valence-corrected chi connectivity index (χ4v) is 1.14. The number of nitriles is 1. The molecule has 3 N–H and O–H groups in total. The second-order valence-electron chi connectivity index (χ2n) is 3.26. The van der Waals surface area contributed by atoms with Gasteiger partial charge in [0, 0.05) is 5.70 Å². The summed E-state index contributed by atoms with van der Waals surface area (Å²) in [6.07, 6.45) is 22.4. The van der Waals surface area contributed by atoms with E-state index in [-0.39, 0.29) is 5.96 Å². The van der Waals surface area contributed by atoms with Crippen molar-refractivity contribution in [2.45, 2.75) is 0 Å². The van der Waals surface area contributed by atoms with Gasteiger partial charge in [0.25, 0.3) is 0 Å². The lowest BCUT2D eigenvalue weighted by atomic mass is 10.3. The van der Waals surface area contributed by atoms with Crippen molar-refractivity contribution in [1.29, 1.82) is 10.7 Å². The summed E-state index contributed by atoms with van der Waals surface area (Å²) < 4.78 is 0. The first-order chi connectivity index (χ1) is 8.83. The van der Waals surface area contributed by atoms with Crippen molar-refractivity contribution >= 4 is 5.96 Å². The van der Waals surface area contributed by atoms with Crippen LogP contribution in [0.25, 0.3) is 0 Å². The Hall–Kier alpha value is -2.80. The van der Waals surface area contributed by atoms with Gasteiger partial charge in [0.05, 0.1) is 0 Å². The molecule has 0 fully saturated rings. The average molecular weight is 238 g/mol. The SMILES string of the molecule is N#CNC(=N)NC1=C/C=C\C=C/C=C\C=C/C=C\1. The summed E-state index contributed by atoms with van der Waals surface area (Å²) in [5.41, 5.74) is 0.710. The van der Waals surface area contributed by atoms with Gasteiger partial charge in [-0.25, -0.2) is 0 Å². The standard InChI is InChI=1S/C14H14N4/c15-12-17-14(16)18-13-10-8-6-4-2-1-3-5-7-9-11-13/h1-11H,(H3,16,17,18)/b2-1-,3-1?,4-2?,5-3-,6-4-,7-5?,8-6?,9-7-,10-8-,11-9?,13-10?,13-11+. The van der Waals surface area contributed by atoms with Crippen LogP contribution in [-0.2, 0) is 0 Å². The number of guanidine groups is 1. The van der Waals surface area contributed by atoms with Crippen LogP contribution in [0.5, 0.6) is 0 Å². The molecule has 90 valence electrons. The van der Waals surface area contributed by atoms with E-state index in [0.717, 1.165) is 0 Å². The van der Waals surface area contributed by atoms with Crippen molar-refractivity contribution in [1.82, 2.24) is 10.6 Å². The van der Waals surface area contributed by atoms with Crippen molar-refractivity contribution in [2.24, 2.45) is 0 Å². The van der Waals surface area contributed by atoms with Crippen molar-refractivity contribution in [3.63, 3.8) is 0 Å². The number of rotatable bonds is 1. The van der Waals surface area contributed by atoms with Crippen molar-refractivity contribution in [3.05, 3.63) is 72.5 Å². The molecule has 1 aliphatic rings. The Bertz CT molecular complexity index is 496. The summed E-state index contributed by atoms with van der Waals surface area (Å²) in [6, 6.07) is 0. The summed E-state index contributed by atoms with van der Waals surface area (Å²) in [5, 5.41) is 20.8. The quantitative estimate of drug-likeness (QED) is 0.284. The third kappa shape index (κ3) is 5.93. The molecule has 0 radical (unpaired) electrons. The molecule has 0 saturated heterocycles. The fraction of sp³-hybridized carbons (Fsp3) is 0. The van der Waals surface area contributed by atoms with Crippen LogP contribution < -0.4 is 10.6 Å². The maximum absolute atomic E-state index is 8.40. The minimum absolute atomic E-state index is 0.0617. The predicted molar refractivity (Wildman–Crippen MR) is 73.4 cm³/mol. The van der Waals surface area contributed by atoms with Crippen LogP contribution in [0, 0.1) is 16.9 Å². The Morgan fingerprint density at radius 2 is 1.50 bits per heavy atom. The van der Waals surface area contributed by atoms with E-state index in [2.05, 4.69) is 10.6 Å². The van der Waals surface area contributed by atoms with E-state index in [1.807, 2.05) is 66.8 Å². The Morgan fingerprint density at radius 1 is 0.944 bits per heavy atom. The highest BCUT2D eigenvalue weighted by Crippen LogP contribution is 1.96. The van der Waals surface area contributed by atoms with Gasteiger partial charge in [-0.3, -0.25) is 10.7 Å². The van der Waals surface area contributed by atoms with Gasteiger partial charge in [-0.1, -0.05) is 54.7 Å². The number of allylic oxidation sites excluding steroid dienone is 11. The van der Waals surface area contributed by atoms with Gasteiger partial charge in [0.2, 0.25) is 5.96 Å². The van der Waals surface area contributed by atoms with Crippen LogP contribution in [-0.4, -0.2) is 5.96 Å². The Balaban J connectivity index is 2.79. The minimum Gasteiger partial charge on any atom is -0.326 e. The zero-order chi connectivity index (χ0) is 13.1. The molecular weight excluding hydrogens is 224 g/mol. The molecule has 1 rings (SSSR count). The van der Waals surface area contributed by atoms with Crippen molar-refractivity contribution in [3.8, 4) is 6.19 Å². The first kappa shape index (κ1) is 13.3. The predicted octanol–water partition coefficient (Wildman–Crippen LogP) is 2.26. The van der Waals surface area contributed by atoms with Crippen molar-refractivity contribution < 1.29 is 0 Å². The third-order valence-electron chi connectivity index (χ3n) is 1.89. The van der Waals surface area contributed by atoms with Crippen LogP contribution in [0.2, 0.25) is 0 Å². The van der Waals surface area contributed by atoms with Crippen LogP contribution in [0.1, 0.15) is 0 Å². The molecule has 0 saturated carbocycles. The fourth-order valence-electron chi connectivity index (χ4n) is 1.14. The maximum atomic E-state index is 8.40. The summed E-state index contributed by atoms with van der Waals surface area (Å²) in [7, 11) is 0. The van der Waals surface area contributed by atoms with E-state index in [0.29, 0.717) is 5.70 Å². The zero-order valence-electron chi connectivity index (χ0n) is 9.80. The second-order valence-corrected chi connectivity index (χ2v) is 3.26. The van der Waals surface area contributed by atoms with Gasteiger partial charge in [-0.2, -0.15) is 5.26 Å². The van der Waals surface area contributed by atoms with E-state index in [1.165, 1.54) is 0 Å². The lowest BCUT2D eigenvalue weighted by molar-refractivity contribution is 1.05. The van der Waals surface area contributed by atoms with Gasteiger partial charge in [0.15, 0.2) is 6.19 Å².